The molecule has 0 bridgehead atoms. The predicted octanol–water partition coefficient (Wildman–Crippen LogP) is 2.64. The zero-order chi connectivity index (χ0) is 15.4. The zero-order valence-electron chi connectivity index (χ0n) is 10.9. The number of nitrogens with zero attached hydrogens (tertiary/aromatic N) is 2. The molecule has 1 heterocycles. The lowest BCUT2D eigenvalue weighted by molar-refractivity contribution is -0.402. The van der Waals surface area contributed by atoms with Gasteiger partial charge in [-0.1, -0.05) is 17.3 Å². The summed E-state index contributed by atoms with van der Waals surface area (Å²) < 4.78 is 4.80. The van der Waals surface area contributed by atoms with E-state index in [1.54, 1.807) is 31.2 Å². The van der Waals surface area contributed by atoms with Gasteiger partial charge in [0.25, 0.3) is 5.91 Å². The summed E-state index contributed by atoms with van der Waals surface area (Å²) in [7, 11) is 0. The van der Waals surface area contributed by atoms with Crippen molar-refractivity contribution in [2.45, 2.75) is 6.92 Å². The summed E-state index contributed by atoms with van der Waals surface area (Å²) in [4.78, 5) is 21.6. The lowest BCUT2D eigenvalue weighted by Crippen LogP contribution is -2.11. The van der Waals surface area contributed by atoms with Gasteiger partial charge in [0.15, 0.2) is 5.76 Å². The maximum absolute atomic E-state index is 11.8. The highest BCUT2D eigenvalue weighted by atomic mass is 16.6. The lowest BCUT2D eigenvalue weighted by atomic mass is 10.1. The highest BCUT2D eigenvalue weighted by molar-refractivity contribution is 6.03. The number of amides is 1. The smallest absolute Gasteiger partial charge is 0.411 e. The molecule has 0 unspecified atom stereocenters. The molecule has 8 heteroatoms. The summed E-state index contributed by atoms with van der Waals surface area (Å²) in [5.74, 6) is -1.24. The van der Waals surface area contributed by atoms with Crippen molar-refractivity contribution in [2.24, 2.45) is 5.16 Å². The van der Waals surface area contributed by atoms with Crippen molar-refractivity contribution < 1.29 is 19.3 Å². The van der Waals surface area contributed by atoms with Gasteiger partial charge in [0.2, 0.25) is 0 Å². The van der Waals surface area contributed by atoms with Crippen LogP contribution in [-0.2, 0) is 0 Å². The minimum atomic E-state index is -0.720. The maximum atomic E-state index is 11.8. The van der Waals surface area contributed by atoms with Gasteiger partial charge in [0.1, 0.15) is 4.92 Å². The lowest BCUT2D eigenvalue weighted by Gasteiger charge is -2.04. The maximum Gasteiger partial charge on any atom is 0.433 e. The van der Waals surface area contributed by atoms with Gasteiger partial charge in [-0.05, 0) is 30.7 Å². The molecule has 21 heavy (non-hydrogen) atoms. The van der Waals surface area contributed by atoms with Crippen LogP contribution in [0, 0.1) is 10.1 Å². The van der Waals surface area contributed by atoms with Gasteiger partial charge < -0.3 is 14.9 Å². The third-order valence-electron chi connectivity index (χ3n) is 2.71. The van der Waals surface area contributed by atoms with Crippen molar-refractivity contribution in [3.8, 4) is 0 Å². The average molecular weight is 289 g/mol. The number of anilines is 1. The Labute approximate surface area is 118 Å². The first-order valence-corrected chi connectivity index (χ1v) is 5.86. The first kappa shape index (κ1) is 14.3. The molecular weight excluding hydrogens is 278 g/mol. The molecule has 0 spiro atoms. The fourth-order valence-corrected chi connectivity index (χ4v) is 1.59. The van der Waals surface area contributed by atoms with Crippen molar-refractivity contribution in [1.82, 2.24) is 0 Å². The second-order valence-corrected chi connectivity index (χ2v) is 4.11. The summed E-state index contributed by atoms with van der Waals surface area (Å²) in [6.07, 6.45) is 0. The van der Waals surface area contributed by atoms with E-state index in [-0.39, 0.29) is 5.76 Å². The molecule has 0 aliphatic carbocycles. The number of nitrogens with one attached hydrogen (secondary N) is 1. The second kappa shape index (κ2) is 5.87. The fraction of sp³-hybridized carbons (Fsp3) is 0.0769. The number of furan rings is 1. The van der Waals surface area contributed by atoms with E-state index < -0.39 is 16.7 Å². The van der Waals surface area contributed by atoms with Crippen LogP contribution in [0.1, 0.15) is 23.0 Å². The van der Waals surface area contributed by atoms with E-state index in [2.05, 4.69) is 10.5 Å². The summed E-state index contributed by atoms with van der Waals surface area (Å²) in [6, 6.07) is 8.88. The van der Waals surface area contributed by atoms with Crippen LogP contribution in [0.25, 0.3) is 0 Å². The Morgan fingerprint density at radius 2 is 1.95 bits per heavy atom. The molecule has 0 saturated carbocycles. The van der Waals surface area contributed by atoms with Gasteiger partial charge in [-0.2, -0.15) is 0 Å². The Hall–Kier alpha value is -3.16. The topological polar surface area (TPSA) is 118 Å². The van der Waals surface area contributed by atoms with E-state index in [4.69, 9.17) is 9.62 Å². The molecule has 8 nitrogen and oxygen atoms in total. The number of hydrogen-bond acceptors (Lipinski definition) is 6. The highest BCUT2D eigenvalue weighted by Gasteiger charge is 2.17. The Balaban J connectivity index is 2.10. The van der Waals surface area contributed by atoms with Crippen LogP contribution in [0.4, 0.5) is 11.6 Å². The Kier molecular flexibility index (Phi) is 3.98. The van der Waals surface area contributed by atoms with E-state index >= 15 is 0 Å². The second-order valence-electron chi connectivity index (χ2n) is 4.11. The Bertz CT molecular complexity index is 703. The minimum Gasteiger partial charge on any atom is -0.411 e. The SMILES string of the molecule is C/C(=N\O)c1ccc(NC(=O)c2ccc([N+](=O)[O-])o2)cc1. The zero-order valence-corrected chi connectivity index (χ0v) is 10.9. The van der Waals surface area contributed by atoms with E-state index in [1.165, 1.54) is 6.07 Å². The van der Waals surface area contributed by atoms with E-state index in [0.29, 0.717) is 17.0 Å². The average Bonchev–Trinajstić information content (AvgIpc) is 2.97. The van der Waals surface area contributed by atoms with Gasteiger partial charge >= 0.3 is 5.88 Å². The van der Waals surface area contributed by atoms with E-state index in [1.807, 2.05) is 0 Å². The predicted molar refractivity (Wildman–Crippen MR) is 73.8 cm³/mol. The molecule has 0 saturated heterocycles. The molecule has 0 fully saturated rings. The number of rotatable bonds is 4. The Morgan fingerprint density at radius 3 is 2.48 bits per heavy atom. The van der Waals surface area contributed by atoms with Crippen molar-refractivity contribution in [3.05, 3.63) is 57.8 Å². The highest BCUT2D eigenvalue weighted by Crippen LogP contribution is 2.17. The molecule has 1 aromatic carbocycles. The molecule has 2 rings (SSSR count). The van der Waals surface area contributed by atoms with Crippen LogP contribution in [-0.4, -0.2) is 21.7 Å². The quantitative estimate of drug-likeness (QED) is 0.388. The molecular formula is C13H11N3O5. The van der Waals surface area contributed by atoms with Crippen molar-refractivity contribution in [3.63, 3.8) is 0 Å². The van der Waals surface area contributed by atoms with Crippen molar-refractivity contribution in [1.29, 1.82) is 0 Å². The van der Waals surface area contributed by atoms with Gasteiger partial charge in [-0.15, -0.1) is 0 Å². The normalized spacial score (nSPS) is 11.2. The molecule has 2 N–H and O–H groups in total. The Morgan fingerprint density at radius 1 is 1.29 bits per heavy atom. The molecule has 0 radical (unpaired) electrons. The number of carbonyl (C=O) groups excluding carboxylic acids is 1. The monoisotopic (exact) mass is 289 g/mol. The molecule has 1 amide bonds. The molecule has 2 aromatic rings. The largest absolute Gasteiger partial charge is 0.433 e. The molecule has 0 aliphatic heterocycles. The van der Waals surface area contributed by atoms with E-state index in [9.17, 15) is 14.9 Å². The number of oxime groups is 1. The van der Waals surface area contributed by atoms with Crippen LogP contribution in [0.5, 0.6) is 0 Å². The van der Waals surface area contributed by atoms with E-state index in [0.717, 1.165) is 6.07 Å². The van der Waals surface area contributed by atoms with Crippen LogP contribution < -0.4 is 5.32 Å². The summed E-state index contributed by atoms with van der Waals surface area (Å²) in [5.41, 5.74) is 1.62. The summed E-state index contributed by atoms with van der Waals surface area (Å²) >= 11 is 0. The third-order valence-corrected chi connectivity index (χ3v) is 2.71. The standard InChI is InChI=1S/C13H11N3O5/c1-8(15-18)9-2-4-10(5-3-9)14-13(17)11-6-7-12(21-11)16(19)20/h2-7,18H,1H3,(H,14,17)/b15-8+. The van der Waals surface area contributed by atoms with Crippen LogP contribution >= 0.6 is 0 Å². The van der Waals surface area contributed by atoms with Crippen molar-refractivity contribution >= 4 is 23.2 Å². The van der Waals surface area contributed by atoms with Crippen LogP contribution in [0.3, 0.4) is 0 Å². The first-order valence-electron chi connectivity index (χ1n) is 5.86. The number of nitro groups is 1. The third kappa shape index (κ3) is 3.24. The fourth-order valence-electron chi connectivity index (χ4n) is 1.59. The van der Waals surface area contributed by atoms with Crippen LogP contribution in [0.2, 0.25) is 0 Å². The van der Waals surface area contributed by atoms with Gasteiger partial charge in [-0.3, -0.25) is 14.9 Å². The number of benzene rings is 1. The number of hydrogen-bond donors (Lipinski definition) is 2. The molecule has 0 aliphatic rings. The van der Waals surface area contributed by atoms with Gasteiger partial charge in [-0.25, -0.2) is 0 Å². The molecule has 0 atom stereocenters. The summed E-state index contributed by atoms with van der Waals surface area (Å²) in [5, 5.41) is 24.7. The molecule has 108 valence electrons. The minimum absolute atomic E-state index is 0.154. The first-order chi connectivity index (χ1) is 10.0. The van der Waals surface area contributed by atoms with Gasteiger partial charge in [0.05, 0.1) is 11.8 Å². The van der Waals surface area contributed by atoms with Crippen molar-refractivity contribution in [2.75, 3.05) is 5.32 Å². The molecule has 1 aromatic heterocycles. The number of carbonyl (C=O) groups is 1. The summed E-state index contributed by atoms with van der Waals surface area (Å²) in [6.45, 7) is 1.63. The van der Waals surface area contributed by atoms with Crippen LogP contribution in [0.15, 0.2) is 46.0 Å². The van der Waals surface area contributed by atoms with Gasteiger partial charge in [0, 0.05) is 5.69 Å².